The molecule has 1 aliphatic carbocycles. The van der Waals surface area contributed by atoms with E-state index in [0.29, 0.717) is 17.8 Å². The Morgan fingerprint density at radius 2 is 1.65 bits per heavy atom. The normalized spacial score (nSPS) is 16.7. The van der Waals surface area contributed by atoms with Gasteiger partial charge in [0.15, 0.2) is 0 Å². The Labute approximate surface area is 181 Å². The molecule has 4 rings (SSSR count). The molecule has 1 heterocycles. The predicted octanol–water partition coefficient (Wildman–Crippen LogP) is 3.48. The van der Waals surface area contributed by atoms with Crippen LogP contribution in [0.4, 0.5) is 5.69 Å². The lowest BCUT2D eigenvalue weighted by Gasteiger charge is -2.23. The Hall–Kier alpha value is -3.48. The van der Waals surface area contributed by atoms with Crippen molar-refractivity contribution in [3.63, 3.8) is 0 Å². The van der Waals surface area contributed by atoms with Crippen LogP contribution in [0.5, 0.6) is 0 Å². The van der Waals surface area contributed by atoms with Crippen LogP contribution in [0.25, 0.3) is 0 Å². The smallest absolute Gasteiger partial charge is 0.271 e. The second-order valence-corrected chi connectivity index (χ2v) is 7.94. The summed E-state index contributed by atoms with van der Waals surface area (Å²) in [4.78, 5) is 37.9. The number of hydrazone groups is 1. The highest BCUT2D eigenvalue weighted by molar-refractivity contribution is 6.43. The minimum atomic E-state index is -0.397. The van der Waals surface area contributed by atoms with Gasteiger partial charge in [0, 0.05) is 18.9 Å². The van der Waals surface area contributed by atoms with Gasteiger partial charge in [-0.3, -0.25) is 14.4 Å². The van der Waals surface area contributed by atoms with E-state index >= 15 is 0 Å². The van der Waals surface area contributed by atoms with Gasteiger partial charge in [-0.05, 0) is 30.5 Å². The highest BCUT2D eigenvalue weighted by Crippen LogP contribution is 2.21. The van der Waals surface area contributed by atoms with E-state index in [9.17, 15) is 14.4 Å². The third-order valence-corrected chi connectivity index (χ3v) is 5.65. The highest BCUT2D eigenvalue weighted by Gasteiger charge is 2.26. The van der Waals surface area contributed by atoms with Gasteiger partial charge in [-0.2, -0.15) is 5.10 Å². The summed E-state index contributed by atoms with van der Waals surface area (Å²) in [5.74, 6) is -0.697. The number of carbonyl (C=O) groups excluding carboxylic acids is 3. The maximum atomic E-state index is 12.9. The molecule has 0 bridgehead atoms. The molecular formula is C24H26N4O3. The molecule has 7 heteroatoms. The van der Waals surface area contributed by atoms with Gasteiger partial charge in [0.05, 0.1) is 17.8 Å². The molecule has 1 saturated carbocycles. The number of nitrogens with zero attached hydrogens (tertiary/aromatic N) is 2. The van der Waals surface area contributed by atoms with Crippen molar-refractivity contribution in [1.29, 1.82) is 0 Å². The Kier molecular flexibility index (Phi) is 6.40. The molecule has 2 N–H and O–H groups in total. The van der Waals surface area contributed by atoms with Crippen molar-refractivity contribution >= 4 is 29.1 Å². The molecule has 0 radical (unpaired) electrons. The molecule has 3 amide bonds. The zero-order valence-electron chi connectivity index (χ0n) is 17.3. The Morgan fingerprint density at radius 3 is 2.42 bits per heavy atom. The van der Waals surface area contributed by atoms with Gasteiger partial charge >= 0.3 is 0 Å². The molecule has 1 fully saturated rings. The second-order valence-electron chi connectivity index (χ2n) is 7.94. The number of rotatable bonds is 6. The summed E-state index contributed by atoms with van der Waals surface area (Å²) in [5.41, 5.74) is 2.09. The average molecular weight is 418 g/mol. The standard InChI is InChI=1S/C24H26N4O3/c29-22-15-14-21(27-28(22)16-17-8-2-1-3-9-17)24(31)26-20-13-7-6-12-19(20)23(30)25-18-10-4-5-11-18/h1-3,6-9,12-13,18H,4-5,10-11,14-16H2,(H,25,30)(H,26,31). The lowest BCUT2D eigenvalue weighted by Crippen LogP contribution is -2.36. The fourth-order valence-electron chi connectivity index (χ4n) is 3.96. The molecule has 31 heavy (non-hydrogen) atoms. The van der Waals surface area contributed by atoms with Crippen molar-refractivity contribution in [1.82, 2.24) is 10.3 Å². The minimum absolute atomic E-state index is 0.114. The summed E-state index contributed by atoms with van der Waals surface area (Å²) in [6.45, 7) is 0.316. The van der Waals surface area contributed by atoms with Gasteiger partial charge in [-0.25, -0.2) is 5.01 Å². The Balaban J connectivity index is 1.47. The van der Waals surface area contributed by atoms with Crippen molar-refractivity contribution in [3.05, 3.63) is 65.7 Å². The van der Waals surface area contributed by atoms with E-state index in [4.69, 9.17) is 0 Å². The third kappa shape index (κ3) is 5.17. The fourth-order valence-corrected chi connectivity index (χ4v) is 3.96. The van der Waals surface area contributed by atoms with Crippen LogP contribution in [0.1, 0.15) is 54.4 Å². The molecular weight excluding hydrogens is 392 g/mol. The van der Waals surface area contributed by atoms with Gasteiger partial charge in [-0.15, -0.1) is 0 Å². The molecule has 0 saturated heterocycles. The molecule has 0 spiro atoms. The fraction of sp³-hybridized carbons (Fsp3) is 0.333. The number of anilines is 1. The van der Waals surface area contributed by atoms with Crippen molar-refractivity contribution in [2.24, 2.45) is 5.10 Å². The largest absolute Gasteiger partial charge is 0.349 e. The zero-order chi connectivity index (χ0) is 21.6. The molecule has 2 aromatic rings. The van der Waals surface area contributed by atoms with Gasteiger partial charge in [0.1, 0.15) is 5.71 Å². The Bertz CT molecular complexity index is 997. The van der Waals surface area contributed by atoms with Crippen molar-refractivity contribution in [3.8, 4) is 0 Å². The second kappa shape index (κ2) is 9.55. The van der Waals surface area contributed by atoms with E-state index in [-0.39, 0.29) is 36.4 Å². The van der Waals surface area contributed by atoms with Crippen molar-refractivity contribution in [2.75, 3.05) is 5.32 Å². The molecule has 0 unspecified atom stereocenters. The summed E-state index contributed by atoms with van der Waals surface area (Å²) in [5, 5.41) is 11.5. The number of hydrogen-bond acceptors (Lipinski definition) is 4. The van der Waals surface area contributed by atoms with E-state index in [1.807, 2.05) is 30.3 Å². The molecule has 0 aromatic heterocycles. The predicted molar refractivity (Wildman–Crippen MR) is 118 cm³/mol. The van der Waals surface area contributed by atoms with Crippen LogP contribution in [0.15, 0.2) is 59.7 Å². The van der Waals surface area contributed by atoms with Gasteiger partial charge in [-0.1, -0.05) is 55.3 Å². The van der Waals surface area contributed by atoms with Crippen LogP contribution >= 0.6 is 0 Å². The first-order valence-corrected chi connectivity index (χ1v) is 10.7. The quantitative estimate of drug-likeness (QED) is 0.753. The van der Waals surface area contributed by atoms with Crippen LogP contribution in [0.3, 0.4) is 0 Å². The number of benzene rings is 2. The maximum Gasteiger partial charge on any atom is 0.271 e. The molecule has 2 aliphatic rings. The number of amides is 3. The summed E-state index contributed by atoms with van der Waals surface area (Å²) in [7, 11) is 0. The first-order valence-electron chi connectivity index (χ1n) is 10.7. The number of nitrogens with one attached hydrogen (secondary N) is 2. The number of carbonyl (C=O) groups is 3. The van der Waals surface area contributed by atoms with Gasteiger partial charge < -0.3 is 10.6 Å². The lowest BCUT2D eigenvalue weighted by atomic mass is 10.1. The van der Waals surface area contributed by atoms with Crippen LogP contribution in [0, 0.1) is 0 Å². The molecule has 7 nitrogen and oxygen atoms in total. The molecule has 2 aromatic carbocycles. The van der Waals surface area contributed by atoms with Crippen LogP contribution in [-0.2, 0) is 16.1 Å². The highest BCUT2D eigenvalue weighted by atomic mass is 16.2. The van der Waals surface area contributed by atoms with E-state index in [1.165, 1.54) is 5.01 Å². The zero-order valence-corrected chi connectivity index (χ0v) is 17.3. The first-order chi connectivity index (χ1) is 15.1. The topological polar surface area (TPSA) is 90.9 Å². The van der Waals surface area contributed by atoms with E-state index in [1.54, 1.807) is 24.3 Å². The van der Waals surface area contributed by atoms with E-state index in [0.717, 1.165) is 31.2 Å². The summed E-state index contributed by atoms with van der Waals surface area (Å²) in [6, 6.07) is 16.7. The monoisotopic (exact) mass is 418 g/mol. The van der Waals surface area contributed by atoms with Crippen molar-refractivity contribution < 1.29 is 14.4 Å². The summed E-state index contributed by atoms with van der Waals surface area (Å²) < 4.78 is 0. The molecule has 160 valence electrons. The summed E-state index contributed by atoms with van der Waals surface area (Å²) in [6.07, 6.45) is 4.72. The number of hydrogen-bond donors (Lipinski definition) is 2. The van der Waals surface area contributed by atoms with Crippen LogP contribution < -0.4 is 10.6 Å². The third-order valence-electron chi connectivity index (χ3n) is 5.65. The number of para-hydroxylation sites is 1. The van der Waals surface area contributed by atoms with Crippen LogP contribution in [0.2, 0.25) is 0 Å². The first kappa shape index (κ1) is 20.8. The molecule has 1 aliphatic heterocycles. The minimum Gasteiger partial charge on any atom is -0.349 e. The van der Waals surface area contributed by atoms with Crippen molar-refractivity contribution in [2.45, 2.75) is 51.1 Å². The Morgan fingerprint density at radius 1 is 0.935 bits per heavy atom. The average Bonchev–Trinajstić information content (AvgIpc) is 3.29. The SMILES string of the molecule is O=C(Nc1ccccc1C(=O)NC1CCCC1)C1=NN(Cc2ccccc2)C(=O)CC1. The van der Waals surface area contributed by atoms with Gasteiger partial charge in [0.25, 0.3) is 11.8 Å². The van der Waals surface area contributed by atoms with E-state index < -0.39 is 5.91 Å². The molecule has 0 atom stereocenters. The van der Waals surface area contributed by atoms with Crippen LogP contribution in [-0.4, -0.2) is 34.5 Å². The van der Waals surface area contributed by atoms with Gasteiger partial charge in [0.2, 0.25) is 5.91 Å². The summed E-state index contributed by atoms with van der Waals surface area (Å²) >= 11 is 0. The van der Waals surface area contributed by atoms with E-state index in [2.05, 4.69) is 15.7 Å². The lowest BCUT2D eigenvalue weighted by molar-refractivity contribution is -0.132. The maximum absolute atomic E-state index is 12.9.